The van der Waals surface area contributed by atoms with Crippen LogP contribution in [-0.2, 0) is 20.5 Å². The normalized spacial score (nSPS) is 12.8. The van der Waals surface area contributed by atoms with Crippen LogP contribution in [0.3, 0.4) is 0 Å². The lowest BCUT2D eigenvalue weighted by Crippen LogP contribution is -2.30. The average Bonchev–Trinajstić information content (AvgIpc) is 2.55. The number of halogens is 1. The fourth-order valence-corrected chi connectivity index (χ4v) is 3.40. The quantitative estimate of drug-likeness (QED) is 0.792. The molecule has 1 atom stereocenters. The summed E-state index contributed by atoms with van der Waals surface area (Å²) in [5, 5.41) is 0. The molecule has 0 aliphatic carbocycles. The zero-order chi connectivity index (χ0) is 17.6. The molecular weight excluding hydrogens is 333 g/mol. The van der Waals surface area contributed by atoms with Crippen molar-refractivity contribution >= 4 is 10.0 Å². The molecule has 2 rings (SSSR count). The van der Waals surface area contributed by atoms with Crippen LogP contribution >= 0.6 is 0 Å². The minimum atomic E-state index is -3.61. The Morgan fingerprint density at radius 3 is 2.54 bits per heavy atom. The van der Waals surface area contributed by atoms with Gasteiger partial charge in [0.1, 0.15) is 11.6 Å². The predicted octanol–water partition coefficient (Wildman–Crippen LogP) is 2.64. The Bertz CT molecular complexity index is 780. The van der Waals surface area contributed by atoms with Gasteiger partial charge in [-0.2, -0.15) is 0 Å². The standard InChI is InChI=1S/C17H20FNO4S/c1-22-16-8-4-6-14(10-16)17(23-2)11-19-24(20,21)12-13-5-3-7-15(18)9-13/h3-10,17,19H,11-12H2,1-2H3. The maximum atomic E-state index is 13.2. The summed E-state index contributed by atoms with van der Waals surface area (Å²) in [6.45, 7) is 0.0708. The SMILES string of the molecule is COc1cccc(C(CNS(=O)(=O)Cc2cccc(F)c2)OC)c1. The van der Waals surface area contributed by atoms with Crippen LogP contribution in [0.25, 0.3) is 0 Å². The molecule has 0 saturated carbocycles. The predicted molar refractivity (Wildman–Crippen MR) is 89.8 cm³/mol. The van der Waals surface area contributed by atoms with Crippen molar-refractivity contribution in [2.45, 2.75) is 11.9 Å². The van der Waals surface area contributed by atoms with E-state index >= 15 is 0 Å². The third-order valence-electron chi connectivity index (χ3n) is 3.48. The van der Waals surface area contributed by atoms with Crippen LogP contribution in [0.2, 0.25) is 0 Å². The number of hydrogen-bond donors (Lipinski definition) is 1. The van der Waals surface area contributed by atoms with Gasteiger partial charge in [0.05, 0.1) is 19.0 Å². The summed E-state index contributed by atoms with van der Waals surface area (Å²) in [4.78, 5) is 0. The van der Waals surface area contributed by atoms with E-state index in [2.05, 4.69) is 4.72 Å². The second kappa shape index (κ2) is 8.23. The zero-order valence-electron chi connectivity index (χ0n) is 13.5. The third kappa shape index (κ3) is 5.30. The van der Waals surface area contributed by atoms with Gasteiger partial charge in [0.25, 0.3) is 0 Å². The Morgan fingerprint density at radius 2 is 1.88 bits per heavy atom. The Balaban J connectivity index is 2.03. The molecule has 5 nitrogen and oxygen atoms in total. The zero-order valence-corrected chi connectivity index (χ0v) is 14.3. The first-order valence-corrected chi connectivity index (χ1v) is 8.97. The van der Waals surface area contributed by atoms with E-state index in [0.29, 0.717) is 11.3 Å². The Hall–Kier alpha value is -1.96. The van der Waals surface area contributed by atoms with Crippen molar-refractivity contribution < 1.29 is 22.3 Å². The van der Waals surface area contributed by atoms with E-state index in [1.807, 2.05) is 6.07 Å². The van der Waals surface area contributed by atoms with Crippen molar-refractivity contribution in [3.63, 3.8) is 0 Å². The third-order valence-corrected chi connectivity index (χ3v) is 4.80. The first kappa shape index (κ1) is 18.4. The van der Waals surface area contributed by atoms with Crippen LogP contribution in [0.4, 0.5) is 4.39 Å². The van der Waals surface area contributed by atoms with Crippen molar-refractivity contribution in [1.82, 2.24) is 4.72 Å². The second-order valence-electron chi connectivity index (χ2n) is 5.24. The Morgan fingerprint density at radius 1 is 1.12 bits per heavy atom. The van der Waals surface area contributed by atoms with Crippen LogP contribution in [-0.4, -0.2) is 29.2 Å². The molecule has 0 amide bonds. The molecular formula is C17H20FNO4S. The van der Waals surface area contributed by atoms with E-state index in [0.717, 1.165) is 5.56 Å². The summed E-state index contributed by atoms with van der Waals surface area (Å²) in [6, 6.07) is 12.7. The molecule has 2 aromatic rings. The molecule has 1 N–H and O–H groups in total. The molecule has 2 aromatic carbocycles. The van der Waals surface area contributed by atoms with Crippen LogP contribution in [0.5, 0.6) is 5.75 Å². The van der Waals surface area contributed by atoms with E-state index in [1.54, 1.807) is 31.4 Å². The lowest BCUT2D eigenvalue weighted by Gasteiger charge is -2.17. The minimum absolute atomic E-state index is 0.0708. The molecule has 0 bridgehead atoms. The van der Waals surface area contributed by atoms with Crippen LogP contribution < -0.4 is 9.46 Å². The van der Waals surface area contributed by atoms with Gasteiger partial charge in [0, 0.05) is 13.7 Å². The van der Waals surface area contributed by atoms with Crippen molar-refractivity contribution in [2.24, 2.45) is 0 Å². The lowest BCUT2D eigenvalue weighted by atomic mass is 10.1. The lowest BCUT2D eigenvalue weighted by molar-refractivity contribution is 0.107. The molecule has 0 aliphatic rings. The van der Waals surface area contributed by atoms with Gasteiger partial charge in [-0.25, -0.2) is 17.5 Å². The molecule has 130 valence electrons. The summed E-state index contributed by atoms with van der Waals surface area (Å²) in [5.41, 5.74) is 1.18. The highest BCUT2D eigenvalue weighted by atomic mass is 32.2. The van der Waals surface area contributed by atoms with Crippen molar-refractivity contribution in [3.8, 4) is 5.75 Å². The molecule has 0 heterocycles. The molecule has 0 fully saturated rings. The van der Waals surface area contributed by atoms with Crippen LogP contribution in [0.1, 0.15) is 17.2 Å². The number of rotatable bonds is 8. The highest BCUT2D eigenvalue weighted by Crippen LogP contribution is 2.21. The number of hydrogen-bond acceptors (Lipinski definition) is 4. The molecule has 0 aromatic heterocycles. The number of benzene rings is 2. The molecule has 0 aliphatic heterocycles. The summed E-state index contributed by atoms with van der Waals surface area (Å²) < 4.78 is 50.5. The molecule has 0 radical (unpaired) electrons. The molecule has 7 heteroatoms. The summed E-state index contributed by atoms with van der Waals surface area (Å²) in [7, 11) is -0.545. The van der Waals surface area contributed by atoms with Gasteiger partial charge in [-0.1, -0.05) is 24.3 Å². The highest BCUT2D eigenvalue weighted by Gasteiger charge is 2.17. The van der Waals surface area contributed by atoms with Gasteiger partial charge >= 0.3 is 0 Å². The maximum Gasteiger partial charge on any atom is 0.215 e. The number of sulfonamides is 1. The molecule has 0 spiro atoms. The van der Waals surface area contributed by atoms with E-state index in [9.17, 15) is 12.8 Å². The van der Waals surface area contributed by atoms with Gasteiger partial charge in [0.2, 0.25) is 10.0 Å². The van der Waals surface area contributed by atoms with Crippen molar-refractivity contribution in [3.05, 3.63) is 65.5 Å². The van der Waals surface area contributed by atoms with E-state index < -0.39 is 21.9 Å². The Labute approximate surface area is 141 Å². The van der Waals surface area contributed by atoms with Gasteiger partial charge in [-0.15, -0.1) is 0 Å². The molecule has 24 heavy (non-hydrogen) atoms. The topological polar surface area (TPSA) is 64.6 Å². The van der Waals surface area contributed by atoms with E-state index in [-0.39, 0.29) is 12.3 Å². The van der Waals surface area contributed by atoms with Gasteiger partial charge < -0.3 is 9.47 Å². The van der Waals surface area contributed by atoms with Gasteiger partial charge in [-0.3, -0.25) is 0 Å². The van der Waals surface area contributed by atoms with E-state index in [1.165, 1.54) is 25.3 Å². The first-order chi connectivity index (χ1) is 11.4. The first-order valence-electron chi connectivity index (χ1n) is 7.32. The maximum absolute atomic E-state index is 13.2. The summed E-state index contributed by atoms with van der Waals surface area (Å²) in [5.74, 6) is -0.0923. The van der Waals surface area contributed by atoms with Crippen LogP contribution in [0, 0.1) is 5.82 Å². The van der Waals surface area contributed by atoms with Crippen LogP contribution in [0.15, 0.2) is 48.5 Å². The fraction of sp³-hybridized carbons (Fsp3) is 0.294. The minimum Gasteiger partial charge on any atom is -0.497 e. The number of methoxy groups -OCH3 is 2. The average molecular weight is 353 g/mol. The largest absolute Gasteiger partial charge is 0.497 e. The van der Waals surface area contributed by atoms with Gasteiger partial charge in [0.15, 0.2) is 0 Å². The number of nitrogens with one attached hydrogen (secondary N) is 1. The highest BCUT2D eigenvalue weighted by molar-refractivity contribution is 7.88. The Kier molecular flexibility index (Phi) is 6.30. The summed E-state index contributed by atoms with van der Waals surface area (Å²) in [6.07, 6.45) is -0.456. The van der Waals surface area contributed by atoms with Crippen molar-refractivity contribution in [1.29, 1.82) is 0 Å². The second-order valence-corrected chi connectivity index (χ2v) is 7.05. The fourth-order valence-electron chi connectivity index (χ4n) is 2.28. The summed E-state index contributed by atoms with van der Waals surface area (Å²) >= 11 is 0. The van der Waals surface area contributed by atoms with E-state index in [4.69, 9.17) is 9.47 Å². The molecule has 0 saturated heterocycles. The van der Waals surface area contributed by atoms with Crippen molar-refractivity contribution in [2.75, 3.05) is 20.8 Å². The monoisotopic (exact) mass is 353 g/mol. The smallest absolute Gasteiger partial charge is 0.215 e. The number of ether oxygens (including phenoxy) is 2. The van der Waals surface area contributed by atoms with Gasteiger partial charge in [-0.05, 0) is 35.4 Å². The molecule has 1 unspecified atom stereocenters.